The van der Waals surface area contributed by atoms with Crippen molar-refractivity contribution in [1.29, 1.82) is 0 Å². The largest absolute Gasteiger partial charge is 0.478 e. The Morgan fingerprint density at radius 3 is 2.14 bits per heavy atom. The Bertz CT molecular complexity index is 278. The average Bonchev–Trinajstić information content (AvgIpc) is 2.16. The summed E-state index contributed by atoms with van der Waals surface area (Å²) in [4.78, 5) is 31.9. The van der Waals surface area contributed by atoms with Crippen molar-refractivity contribution in [3.05, 3.63) is 11.6 Å². The second-order valence-corrected chi connectivity index (χ2v) is 2.25. The summed E-state index contributed by atoms with van der Waals surface area (Å²) in [5, 5.41) is 8.58. The molecular formula is C8H10O6. The number of rotatable bonds is 4. The van der Waals surface area contributed by atoms with Crippen molar-refractivity contribution in [2.75, 3.05) is 14.2 Å². The standard InChI is InChI=1S/C8H10O6/c1-13-6(9)3-5(8(11)12)4-7(10)14-2/h3H,4H2,1-2H3,(H,11,12). The normalized spacial score (nSPS) is 10.6. The van der Waals surface area contributed by atoms with Crippen LogP contribution in [0.15, 0.2) is 11.6 Å². The summed E-state index contributed by atoms with van der Waals surface area (Å²) >= 11 is 0. The molecule has 0 aliphatic rings. The van der Waals surface area contributed by atoms with Crippen molar-refractivity contribution >= 4 is 17.9 Å². The average molecular weight is 202 g/mol. The number of ether oxygens (including phenoxy) is 2. The summed E-state index contributed by atoms with van der Waals surface area (Å²) in [6, 6.07) is 0. The lowest BCUT2D eigenvalue weighted by Gasteiger charge is -2.00. The molecule has 0 aliphatic heterocycles. The fourth-order valence-electron chi connectivity index (χ4n) is 0.617. The maximum Gasteiger partial charge on any atom is 0.332 e. The second-order valence-electron chi connectivity index (χ2n) is 2.25. The highest BCUT2D eigenvalue weighted by molar-refractivity contribution is 5.98. The van der Waals surface area contributed by atoms with Crippen molar-refractivity contribution in [1.82, 2.24) is 0 Å². The third-order valence-electron chi connectivity index (χ3n) is 1.33. The van der Waals surface area contributed by atoms with E-state index in [-0.39, 0.29) is 5.57 Å². The van der Waals surface area contributed by atoms with E-state index in [1.165, 1.54) is 0 Å². The first kappa shape index (κ1) is 12.2. The van der Waals surface area contributed by atoms with Crippen LogP contribution in [0.3, 0.4) is 0 Å². The molecule has 0 rings (SSSR count). The molecule has 0 spiro atoms. The molecule has 0 fully saturated rings. The van der Waals surface area contributed by atoms with Gasteiger partial charge in [0, 0.05) is 6.08 Å². The number of hydrogen-bond donors (Lipinski definition) is 1. The SMILES string of the molecule is COC(=O)C=C(CC(=O)OC)C(=O)O. The molecular weight excluding hydrogens is 192 g/mol. The summed E-state index contributed by atoms with van der Waals surface area (Å²) in [6.45, 7) is 0. The van der Waals surface area contributed by atoms with Crippen LogP contribution in [0.1, 0.15) is 6.42 Å². The van der Waals surface area contributed by atoms with Gasteiger partial charge in [-0.05, 0) is 0 Å². The summed E-state index contributed by atoms with van der Waals surface area (Å²) in [5.74, 6) is -2.92. The highest BCUT2D eigenvalue weighted by Gasteiger charge is 2.14. The zero-order chi connectivity index (χ0) is 11.1. The van der Waals surface area contributed by atoms with Crippen LogP contribution in [0.4, 0.5) is 0 Å². The molecule has 0 saturated carbocycles. The predicted octanol–water partition coefficient (Wildman–Crippen LogP) is -0.267. The first-order chi connectivity index (χ1) is 6.51. The maximum absolute atomic E-state index is 10.7. The molecule has 0 heterocycles. The number of carboxylic acid groups (broad SMARTS) is 1. The van der Waals surface area contributed by atoms with Crippen LogP contribution in [0.5, 0.6) is 0 Å². The fourth-order valence-corrected chi connectivity index (χ4v) is 0.617. The smallest absolute Gasteiger partial charge is 0.332 e. The van der Waals surface area contributed by atoms with Gasteiger partial charge >= 0.3 is 17.9 Å². The monoisotopic (exact) mass is 202 g/mol. The second kappa shape index (κ2) is 5.74. The van der Waals surface area contributed by atoms with E-state index in [1.807, 2.05) is 0 Å². The summed E-state index contributed by atoms with van der Waals surface area (Å²) in [7, 11) is 2.23. The molecule has 0 atom stereocenters. The van der Waals surface area contributed by atoms with Crippen LogP contribution >= 0.6 is 0 Å². The van der Waals surface area contributed by atoms with E-state index < -0.39 is 24.3 Å². The van der Waals surface area contributed by atoms with Gasteiger partial charge in [0.1, 0.15) is 0 Å². The lowest BCUT2D eigenvalue weighted by Crippen LogP contribution is -2.11. The van der Waals surface area contributed by atoms with Gasteiger partial charge in [0.05, 0.1) is 26.2 Å². The quantitative estimate of drug-likeness (QED) is 0.498. The number of aliphatic carboxylic acids is 1. The first-order valence-corrected chi connectivity index (χ1v) is 3.60. The van der Waals surface area contributed by atoms with E-state index in [4.69, 9.17) is 5.11 Å². The molecule has 14 heavy (non-hydrogen) atoms. The molecule has 0 bridgehead atoms. The van der Waals surface area contributed by atoms with Gasteiger partial charge in [-0.2, -0.15) is 0 Å². The number of carbonyl (C=O) groups is 3. The molecule has 0 aromatic carbocycles. The van der Waals surface area contributed by atoms with E-state index >= 15 is 0 Å². The minimum Gasteiger partial charge on any atom is -0.478 e. The fraction of sp³-hybridized carbons (Fsp3) is 0.375. The number of carboxylic acids is 1. The molecule has 1 N–H and O–H groups in total. The lowest BCUT2D eigenvalue weighted by molar-refractivity contribution is -0.142. The molecule has 6 nitrogen and oxygen atoms in total. The third kappa shape index (κ3) is 4.24. The highest BCUT2D eigenvalue weighted by Crippen LogP contribution is 2.03. The van der Waals surface area contributed by atoms with Crippen LogP contribution in [-0.4, -0.2) is 37.2 Å². The molecule has 0 aromatic rings. The summed E-state index contributed by atoms with van der Waals surface area (Å²) in [5.41, 5.74) is -0.372. The predicted molar refractivity (Wildman–Crippen MR) is 44.4 cm³/mol. The topological polar surface area (TPSA) is 89.9 Å². The Balaban J connectivity index is 4.60. The Hall–Kier alpha value is -1.85. The van der Waals surface area contributed by atoms with E-state index in [0.29, 0.717) is 0 Å². The van der Waals surface area contributed by atoms with E-state index in [0.717, 1.165) is 20.3 Å². The van der Waals surface area contributed by atoms with Gasteiger partial charge in [0.15, 0.2) is 0 Å². The van der Waals surface area contributed by atoms with Gasteiger partial charge in [-0.1, -0.05) is 0 Å². The maximum atomic E-state index is 10.7. The number of methoxy groups -OCH3 is 2. The van der Waals surface area contributed by atoms with Gasteiger partial charge in [-0.3, -0.25) is 4.79 Å². The molecule has 78 valence electrons. The van der Waals surface area contributed by atoms with E-state index in [1.54, 1.807) is 0 Å². The summed E-state index contributed by atoms with van der Waals surface area (Å²) < 4.78 is 8.47. The number of hydrogen-bond acceptors (Lipinski definition) is 5. The lowest BCUT2D eigenvalue weighted by atomic mass is 10.2. The van der Waals surface area contributed by atoms with Gasteiger partial charge in [0.2, 0.25) is 0 Å². The minimum absolute atomic E-state index is 0.372. The summed E-state index contributed by atoms with van der Waals surface area (Å²) in [6.07, 6.45) is 0.264. The van der Waals surface area contributed by atoms with Crippen LogP contribution in [0.2, 0.25) is 0 Å². The Morgan fingerprint density at radius 1 is 1.21 bits per heavy atom. The highest BCUT2D eigenvalue weighted by atomic mass is 16.5. The van der Waals surface area contributed by atoms with Crippen LogP contribution < -0.4 is 0 Å². The number of carbonyl (C=O) groups excluding carboxylic acids is 2. The van der Waals surface area contributed by atoms with Crippen molar-refractivity contribution in [3.63, 3.8) is 0 Å². The Morgan fingerprint density at radius 2 is 1.79 bits per heavy atom. The molecule has 0 aromatic heterocycles. The zero-order valence-electron chi connectivity index (χ0n) is 7.77. The Labute approximate surface area is 80.1 Å². The zero-order valence-corrected chi connectivity index (χ0v) is 7.77. The van der Waals surface area contributed by atoms with Crippen molar-refractivity contribution in [3.8, 4) is 0 Å². The van der Waals surface area contributed by atoms with Crippen molar-refractivity contribution in [2.24, 2.45) is 0 Å². The molecule has 0 amide bonds. The van der Waals surface area contributed by atoms with Gasteiger partial charge < -0.3 is 14.6 Å². The minimum atomic E-state index is -1.36. The Kier molecular flexibility index (Phi) is 4.98. The molecule has 0 unspecified atom stereocenters. The van der Waals surface area contributed by atoms with Gasteiger partial charge in [-0.25, -0.2) is 9.59 Å². The third-order valence-corrected chi connectivity index (χ3v) is 1.33. The molecule has 6 heteroatoms. The van der Waals surface area contributed by atoms with Gasteiger partial charge in [0.25, 0.3) is 0 Å². The van der Waals surface area contributed by atoms with Crippen LogP contribution in [-0.2, 0) is 23.9 Å². The number of esters is 2. The van der Waals surface area contributed by atoms with Crippen molar-refractivity contribution < 1.29 is 29.0 Å². The molecule has 0 saturated heterocycles. The van der Waals surface area contributed by atoms with Crippen LogP contribution in [0.25, 0.3) is 0 Å². The van der Waals surface area contributed by atoms with E-state index in [9.17, 15) is 14.4 Å². The molecule has 0 aliphatic carbocycles. The first-order valence-electron chi connectivity index (χ1n) is 3.60. The van der Waals surface area contributed by atoms with Gasteiger partial charge in [-0.15, -0.1) is 0 Å². The van der Waals surface area contributed by atoms with Crippen molar-refractivity contribution in [2.45, 2.75) is 6.42 Å². The molecule has 0 radical (unpaired) electrons. The van der Waals surface area contributed by atoms with Crippen LogP contribution in [0, 0.1) is 0 Å². The van der Waals surface area contributed by atoms with E-state index in [2.05, 4.69) is 9.47 Å².